The molecule has 5 heteroatoms. The third kappa shape index (κ3) is 4.08. The third-order valence-electron chi connectivity index (χ3n) is 3.10. The summed E-state index contributed by atoms with van der Waals surface area (Å²) in [4.78, 5) is 15.6. The fourth-order valence-corrected chi connectivity index (χ4v) is 2.08. The van der Waals surface area contributed by atoms with Crippen molar-refractivity contribution in [2.24, 2.45) is 0 Å². The highest BCUT2D eigenvalue weighted by Gasteiger charge is 2.23. The maximum Gasteiger partial charge on any atom is 0.306 e. The standard InChI is InChI=1S/C11H22N2O3/c1-10-9-12(7-8-14)5-6-13(10)4-3-11(15)16-2/h10,14H,3-9H2,1-2H3/t10-/m1/s1. The quantitative estimate of drug-likeness (QED) is 0.648. The van der Waals surface area contributed by atoms with Crippen molar-refractivity contribution in [2.75, 3.05) is 46.4 Å². The maximum atomic E-state index is 11.0. The molecule has 0 aromatic heterocycles. The minimum atomic E-state index is -0.148. The lowest BCUT2D eigenvalue weighted by Crippen LogP contribution is -2.52. The van der Waals surface area contributed by atoms with Crippen molar-refractivity contribution in [3.05, 3.63) is 0 Å². The predicted molar refractivity (Wildman–Crippen MR) is 61.2 cm³/mol. The van der Waals surface area contributed by atoms with Crippen molar-refractivity contribution >= 4 is 5.97 Å². The molecule has 0 bridgehead atoms. The minimum absolute atomic E-state index is 0.148. The zero-order valence-corrected chi connectivity index (χ0v) is 10.2. The van der Waals surface area contributed by atoms with Gasteiger partial charge in [-0.05, 0) is 6.92 Å². The first-order valence-electron chi connectivity index (χ1n) is 5.81. The summed E-state index contributed by atoms with van der Waals surface area (Å²) in [6.45, 7) is 6.76. The molecule has 0 aliphatic carbocycles. The fourth-order valence-electron chi connectivity index (χ4n) is 2.08. The molecule has 0 aromatic rings. The molecule has 94 valence electrons. The van der Waals surface area contributed by atoms with Gasteiger partial charge in [0.2, 0.25) is 0 Å². The maximum absolute atomic E-state index is 11.0. The number of β-amino-alcohol motifs (C(OH)–C–C–N with tert-alkyl or cyclic N) is 1. The van der Waals surface area contributed by atoms with E-state index < -0.39 is 0 Å². The van der Waals surface area contributed by atoms with Gasteiger partial charge in [-0.15, -0.1) is 0 Å². The molecule has 0 radical (unpaired) electrons. The monoisotopic (exact) mass is 230 g/mol. The Morgan fingerprint density at radius 3 is 2.75 bits per heavy atom. The van der Waals surface area contributed by atoms with E-state index in [1.165, 1.54) is 7.11 Å². The van der Waals surface area contributed by atoms with Crippen LogP contribution in [0.15, 0.2) is 0 Å². The second-order valence-electron chi connectivity index (χ2n) is 4.24. The number of piperazine rings is 1. The summed E-state index contributed by atoms with van der Waals surface area (Å²) < 4.78 is 4.63. The lowest BCUT2D eigenvalue weighted by Gasteiger charge is -2.39. The molecule has 1 fully saturated rings. The second-order valence-corrected chi connectivity index (χ2v) is 4.24. The van der Waals surface area contributed by atoms with Gasteiger partial charge >= 0.3 is 5.97 Å². The fraction of sp³-hybridized carbons (Fsp3) is 0.909. The van der Waals surface area contributed by atoms with Gasteiger partial charge in [0.05, 0.1) is 20.1 Å². The Morgan fingerprint density at radius 2 is 2.19 bits per heavy atom. The van der Waals surface area contributed by atoms with Crippen molar-refractivity contribution in [3.8, 4) is 0 Å². The van der Waals surface area contributed by atoms with Gasteiger partial charge < -0.3 is 9.84 Å². The van der Waals surface area contributed by atoms with E-state index in [9.17, 15) is 4.79 Å². The third-order valence-corrected chi connectivity index (χ3v) is 3.10. The molecule has 1 rings (SSSR count). The summed E-state index contributed by atoms with van der Waals surface area (Å²) in [5, 5.41) is 8.86. The van der Waals surface area contributed by atoms with Gasteiger partial charge in [0.1, 0.15) is 0 Å². The molecule has 1 aliphatic heterocycles. The van der Waals surface area contributed by atoms with Crippen LogP contribution in [0.25, 0.3) is 0 Å². The summed E-state index contributed by atoms with van der Waals surface area (Å²) >= 11 is 0. The molecule has 1 aliphatic rings. The van der Waals surface area contributed by atoms with Crippen molar-refractivity contribution in [2.45, 2.75) is 19.4 Å². The number of rotatable bonds is 5. The first-order valence-corrected chi connectivity index (χ1v) is 5.81. The number of carbonyl (C=O) groups is 1. The number of aliphatic hydroxyl groups is 1. The highest BCUT2D eigenvalue weighted by atomic mass is 16.5. The van der Waals surface area contributed by atoms with Gasteiger partial charge in [-0.25, -0.2) is 0 Å². The van der Waals surface area contributed by atoms with Crippen LogP contribution in [0.4, 0.5) is 0 Å². The van der Waals surface area contributed by atoms with Crippen molar-refractivity contribution in [1.82, 2.24) is 9.80 Å². The van der Waals surface area contributed by atoms with Crippen molar-refractivity contribution in [1.29, 1.82) is 0 Å². The Balaban J connectivity index is 2.27. The van der Waals surface area contributed by atoms with Crippen LogP contribution in [0.1, 0.15) is 13.3 Å². The number of aliphatic hydroxyl groups excluding tert-OH is 1. The Labute approximate surface area is 97.0 Å². The number of hydrogen-bond donors (Lipinski definition) is 1. The van der Waals surface area contributed by atoms with E-state index in [1.54, 1.807) is 0 Å². The summed E-state index contributed by atoms with van der Waals surface area (Å²) in [6.07, 6.45) is 0.459. The van der Waals surface area contributed by atoms with Crippen LogP contribution < -0.4 is 0 Å². The van der Waals surface area contributed by atoms with Gasteiger partial charge in [0, 0.05) is 38.8 Å². The number of hydrogen-bond acceptors (Lipinski definition) is 5. The Morgan fingerprint density at radius 1 is 1.44 bits per heavy atom. The summed E-state index contributed by atoms with van der Waals surface area (Å²) in [7, 11) is 1.42. The summed E-state index contributed by atoms with van der Waals surface area (Å²) in [6, 6.07) is 0.435. The molecular formula is C11H22N2O3. The van der Waals surface area contributed by atoms with E-state index in [1.807, 2.05) is 0 Å². The number of esters is 1. The molecule has 0 spiro atoms. The summed E-state index contributed by atoms with van der Waals surface area (Å²) in [5.41, 5.74) is 0. The van der Waals surface area contributed by atoms with Crippen LogP contribution in [0.3, 0.4) is 0 Å². The van der Waals surface area contributed by atoms with Crippen LogP contribution in [0.5, 0.6) is 0 Å². The van der Waals surface area contributed by atoms with Gasteiger partial charge in [-0.2, -0.15) is 0 Å². The molecule has 1 saturated heterocycles. The van der Waals surface area contributed by atoms with Crippen LogP contribution >= 0.6 is 0 Å². The highest BCUT2D eigenvalue weighted by Crippen LogP contribution is 2.09. The topological polar surface area (TPSA) is 53.0 Å². The lowest BCUT2D eigenvalue weighted by molar-refractivity contribution is -0.141. The van der Waals surface area contributed by atoms with E-state index >= 15 is 0 Å². The molecule has 0 saturated carbocycles. The molecule has 0 aromatic carbocycles. The normalized spacial score (nSPS) is 23.3. The number of carbonyl (C=O) groups excluding carboxylic acids is 1. The van der Waals surface area contributed by atoms with E-state index in [2.05, 4.69) is 21.5 Å². The largest absolute Gasteiger partial charge is 0.469 e. The smallest absolute Gasteiger partial charge is 0.306 e. The van der Waals surface area contributed by atoms with Gasteiger partial charge in [-0.1, -0.05) is 0 Å². The molecule has 1 N–H and O–H groups in total. The Kier molecular flexibility index (Phi) is 5.73. The molecule has 1 atom stereocenters. The van der Waals surface area contributed by atoms with Gasteiger partial charge in [0.15, 0.2) is 0 Å². The van der Waals surface area contributed by atoms with Gasteiger partial charge in [0.25, 0.3) is 0 Å². The van der Waals surface area contributed by atoms with Crippen LogP contribution in [-0.2, 0) is 9.53 Å². The molecule has 0 unspecified atom stereocenters. The average molecular weight is 230 g/mol. The number of ether oxygens (including phenoxy) is 1. The predicted octanol–water partition coefficient (Wildman–Crippen LogP) is -0.452. The molecular weight excluding hydrogens is 208 g/mol. The molecule has 0 amide bonds. The van der Waals surface area contributed by atoms with Crippen LogP contribution in [0, 0.1) is 0 Å². The molecule has 1 heterocycles. The lowest BCUT2D eigenvalue weighted by atomic mass is 10.2. The zero-order chi connectivity index (χ0) is 12.0. The van der Waals surface area contributed by atoms with E-state index in [4.69, 9.17) is 5.11 Å². The Hall–Kier alpha value is -0.650. The second kappa shape index (κ2) is 6.83. The highest BCUT2D eigenvalue weighted by molar-refractivity contribution is 5.69. The molecule has 5 nitrogen and oxygen atoms in total. The average Bonchev–Trinajstić information content (AvgIpc) is 2.28. The van der Waals surface area contributed by atoms with E-state index in [-0.39, 0.29) is 12.6 Å². The summed E-state index contributed by atoms with van der Waals surface area (Å²) in [5.74, 6) is -0.148. The SMILES string of the molecule is COC(=O)CCN1CCN(CCO)C[C@H]1C. The molecule has 16 heavy (non-hydrogen) atoms. The van der Waals surface area contributed by atoms with E-state index in [0.29, 0.717) is 12.5 Å². The first kappa shape index (κ1) is 13.4. The van der Waals surface area contributed by atoms with E-state index in [0.717, 1.165) is 32.7 Å². The number of nitrogens with zero attached hydrogens (tertiary/aromatic N) is 2. The van der Waals surface area contributed by atoms with Crippen molar-refractivity contribution < 1.29 is 14.6 Å². The first-order chi connectivity index (χ1) is 7.67. The van der Waals surface area contributed by atoms with Gasteiger partial charge in [-0.3, -0.25) is 14.6 Å². The zero-order valence-electron chi connectivity index (χ0n) is 10.2. The minimum Gasteiger partial charge on any atom is -0.469 e. The van der Waals surface area contributed by atoms with Crippen molar-refractivity contribution in [3.63, 3.8) is 0 Å². The van der Waals surface area contributed by atoms with Crippen LogP contribution in [-0.4, -0.2) is 73.4 Å². The number of methoxy groups -OCH3 is 1. The Bertz CT molecular complexity index is 223. The van der Waals surface area contributed by atoms with Crippen LogP contribution in [0.2, 0.25) is 0 Å².